The van der Waals surface area contributed by atoms with Crippen LogP contribution in [0.5, 0.6) is 0 Å². The Hall–Kier alpha value is -1.40. The number of allylic oxidation sites excluding steroid dienone is 4. The van der Waals surface area contributed by atoms with Crippen LogP contribution < -0.4 is 0 Å². The number of rotatable bonds is 2. The monoisotopic (exact) mass is 380 g/mol. The standard InChI is InChI=1S/C21H26F2O4/c1-19-9-18(27)21(23)14(12(19)3-4-13(19)17(26)10-24)8-16(22)15-7-11(25)5-6-20(15,21)2/h5-7,12-14,16,18,24,27H,3-4,8-10H2,1-2H3/t12?,13?,14?,16-,18?,19?,20?,21-/m0/s1. The van der Waals surface area contributed by atoms with Gasteiger partial charge in [-0.3, -0.25) is 9.59 Å². The van der Waals surface area contributed by atoms with Crippen LogP contribution in [-0.2, 0) is 9.59 Å². The third-order valence-corrected chi connectivity index (χ3v) is 8.17. The number of halogens is 2. The first-order valence-corrected chi connectivity index (χ1v) is 9.69. The summed E-state index contributed by atoms with van der Waals surface area (Å²) < 4.78 is 31.8. The zero-order valence-corrected chi connectivity index (χ0v) is 15.6. The number of aliphatic hydroxyl groups excluding tert-OH is 2. The molecule has 0 aromatic rings. The van der Waals surface area contributed by atoms with Crippen LogP contribution in [0, 0.1) is 28.6 Å². The second-order valence-electron chi connectivity index (χ2n) is 9.20. The fourth-order valence-electron chi connectivity index (χ4n) is 6.84. The van der Waals surface area contributed by atoms with Gasteiger partial charge in [0.15, 0.2) is 17.2 Å². The average Bonchev–Trinajstić information content (AvgIpc) is 2.95. The van der Waals surface area contributed by atoms with Gasteiger partial charge in [0.2, 0.25) is 0 Å². The summed E-state index contributed by atoms with van der Waals surface area (Å²) in [4.78, 5) is 24.0. The van der Waals surface area contributed by atoms with Crippen molar-refractivity contribution < 1.29 is 28.6 Å². The largest absolute Gasteiger partial charge is 0.390 e. The van der Waals surface area contributed by atoms with Crippen molar-refractivity contribution in [1.29, 1.82) is 0 Å². The topological polar surface area (TPSA) is 74.6 Å². The molecule has 0 aliphatic heterocycles. The van der Waals surface area contributed by atoms with E-state index < -0.39 is 47.2 Å². The number of carbonyl (C=O) groups excluding carboxylic acids is 2. The van der Waals surface area contributed by atoms with Gasteiger partial charge in [0.25, 0.3) is 0 Å². The van der Waals surface area contributed by atoms with Gasteiger partial charge in [-0.05, 0) is 61.7 Å². The number of aliphatic hydroxyl groups is 2. The fraction of sp³-hybridized carbons (Fsp3) is 0.714. The Balaban J connectivity index is 1.81. The zero-order valence-electron chi connectivity index (χ0n) is 15.6. The molecule has 0 aromatic carbocycles. The number of fused-ring (bicyclic) bond motifs is 5. The number of ketones is 2. The quantitative estimate of drug-likeness (QED) is 0.772. The van der Waals surface area contributed by atoms with Crippen LogP contribution in [-0.4, -0.2) is 46.3 Å². The van der Waals surface area contributed by atoms with Crippen molar-refractivity contribution in [3.8, 4) is 0 Å². The van der Waals surface area contributed by atoms with Crippen LogP contribution in [0.15, 0.2) is 23.8 Å². The van der Waals surface area contributed by atoms with Crippen molar-refractivity contribution >= 4 is 11.6 Å². The Bertz CT molecular complexity index is 761. The minimum atomic E-state index is -2.10. The van der Waals surface area contributed by atoms with Gasteiger partial charge in [0.1, 0.15) is 12.8 Å². The van der Waals surface area contributed by atoms with Crippen LogP contribution >= 0.6 is 0 Å². The molecule has 0 spiro atoms. The van der Waals surface area contributed by atoms with Gasteiger partial charge < -0.3 is 10.2 Å². The lowest BCUT2D eigenvalue weighted by atomic mass is 9.45. The molecule has 8 atom stereocenters. The summed E-state index contributed by atoms with van der Waals surface area (Å²) in [6.07, 6.45) is 2.09. The molecule has 6 heteroatoms. The molecule has 0 aromatic heterocycles. The SMILES string of the molecule is CC12CC(O)[C@@]3(F)C(C[C@H](F)C4=CC(=O)C=CC43C)C1CCC2C(=O)CO. The molecule has 4 aliphatic rings. The summed E-state index contributed by atoms with van der Waals surface area (Å²) in [5, 5.41) is 20.3. The molecule has 3 saturated carbocycles. The van der Waals surface area contributed by atoms with Gasteiger partial charge in [-0.25, -0.2) is 8.78 Å². The molecule has 4 nitrogen and oxygen atoms in total. The highest BCUT2D eigenvalue weighted by Crippen LogP contribution is 2.69. The predicted octanol–water partition coefficient (Wildman–Crippen LogP) is 2.48. The minimum Gasteiger partial charge on any atom is -0.390 e. The molecule has 0 bridgehead atoms. The first kappa shape index (κ1) is 18.9. The van der Waals surface area contributed by atoms with E-state index in [1.807, 2.05) is 6.92 Å². The van der Waals surface area contributed by atoms with Crippen LogP contribution in [0.1, 0.15) is 39.5 Å². The summed E-state index contributed by atoms with van der Waals surface area (Å²) in [7, 11) is 0. The lowest BCUT2D eigenvalue weighted by Crippen LogP contribution is -2.68. The molecule has 0 heterocycles. The van der Waals surface area contributed by atoms with Gasteiger partial charge in [-0.1, -0.05) is 13.0 Å². The summed E-state index contributed by atoms with van der Waals surface area (Å²) >= 11 is 0. The van der Waals surface area contributed by atoms with E-state index >= 15 is 8.78 Å². The van der Waals surface area contributed by atoms with Crippen LogP contribution in [0.4, 0.5) is 8.78 Å². The first-order chi connectivity index (χ1) is 12.6. The normalized spacial score (nSPS) is 51.3. The molecule has 148 valence electrons. The van der Waals surface area contributed by atoms with E-state index in [1.54, 1.807) is 6.92 Å². The van der Waals surface area contributed by atoms with E-state index in [2.05, 4.69) is 0 Å². The summed E-state index contributed by atoms with van der Waals surface area (Å²) in [6.45, 7) is 2.86. The van der Waals surface area contributed by atoms with Crippen LogP contribution in [0.3, 0.4) is 0 Å². The number of alkyl halides is 2. The first-order valence-electron chi connectivity index (χ1n) is 9.69. The fourth-order valence-corrected chi connectivity index (χ4v) is 6.84. The Morgan fingerprint density at radius 3 is 2.67 bits per heavy atom. The number of Topliss-reactive ketones (excluding diaryl/α,β-unsaturated/α-hetero) is 1. The van der Waals surface area contributed by atoms with Gasteiger partial charge in [-0.15, -0.1) is 0 Å². The second-order valence-corrected chi connectivity index (χ2v) is 9.20. The summed E-state index contributed by atoms with van der Waals surface area (Å²) in [5.41, 5.74) is -4.04. The molecule has 4 rings (SSSR count). The molecule has 3 fully saturated rings. The Labute approximate surface area is 157 Å². The van der Waals surface area contributed by atoms with Crippen molar-refractivity contribution in [2.45, 2.75) is 57.5 Å². The van der Waals surface area contributed by atoms with E-state index in [4.69, 9.17) is 0 Å². The van der Waals surface area contributed by atoms with E-state index in [9.17, 15) is 19.8 Å². The highest BCUT2D eigenvalue weighted by Gasteiger charge is 2.72. The number of carbonyl (C=O) groups is 2. The maximum atomic E-state index is 16.7. The third kappa shape index (κ3) is 2.20. The van der Waals surface area contributed by atoms with E-state index in [1.165, 1.54) is 18.2 Å². The molecule has 6 unspecified atom stereocenters. The Morgan fingerprint density at radius 2 is 2.00 bits per heavy atom. The molecule has 0 amide bonds. The van der Waals surface area contributed by atoms with Crippen molar-refractivity contribution in [3.63, 3.8) is 0 Å². The van der Waals surface area contributed by atoms with Gasteiger partial charge in [0.05, 0.1) is 6.10 Å². The van der Waals surface area contributed by atoms with Crippen molar-refractivity contribution in [1.82, 2.24) is 0 Å². The average molecular weight is 380 g/mol. The minimum absolute atomic E-state index is 0.0860. The molecular weight excluding hydrogens is 354 g/mol. The Kier molecular flexibility index (Phi) is 4.07. The van der Waals surface area contributed by atoms with E-state index in [0.29, 0.717) is 12.8 Å². The van der Waals surface area contributed by atoms with Gasteiger partial charge in [0, 0.05) is 17.3 Å². The van der Waals surface area contributed by atoms with Crippen molar-refractivity contribution in [3.05, 3.63) is 23.8 Å². The number of hydrogen-bond donors (Lipinski definition) is 2. The summed E-state index contributed by atoms with van der Waals surface area (Å²) in [5.74, 6) is -2.11. The third-order valence-electron chi connectivity index (χ3n) is 8.17. The number of hydrogen-bond acceptors (Lipinski definition) is 4. The van der Waals surface area contributed by atoms with Crippen molar-refractivity contribution in [2.24, 2.45) is 28.6 Å². The molecule has 0 radical (unpaired) electrons. The zero-order chi connectivity index (χ0) is 19.8. The van der Waals surface area contributed by atoms with Gasteiger partial charge in [-0.2, -0.15) is 0 Å². The molecule has 2 N–H and O–H groups in total. The maximum absolute atomic E-state index is 16.7. The molecular formula is C21H26F2O4. The van der Waals surface area contributed by atoms with Crippen LogP contribution in [0.25, 0.3) is 0 Å². The predicted molar refractivity (Wildman–Crippen MR) is 94.2 cm³/mol. The summed E-state index contributed by atoms with van der Waals surface area (Å²) in [6, 6.07) is 0. The lowest BCUT2D eigenvalue weighted by Gasteiger charge is -2.62. The second kappa shape index (κ2) is 5.80. The molecule has 27 heavy (non-hydrogen) atoms. The van der Waals surface area contributed by atoms with E-state index in [-0.39, 0.29) is 35.9 Å². The molecule has 0 saturated heterocycles. The molecule has 4 aliphatic carbocycles. The Morgan fingerprint density at radius 1 is 1.30 bits per heavy atom. The maximum Gasteiger partial charge on any atom is 0.178 e. The van der Waals surface area contributed by atoms with E-state index in [0.717, 1.165) is 0 Å². The lowest BCUT2D eigenvalue weighted by molar-refractivity contribution is -0.202. The smallest absolute Gasteiger partial charge is 0.178 e. The van der Waals surface area contributed by atoms with Crippen LogP contribution in [0.2, 0.25) is 0 Å². The van der Waals surface area contributed by atoms with Gasteiger partial charge >= 0.3 is 0 Å². The van der Waals surface area contributed by atoms with Crippen molar-refractivity contribution in [2.75, 3.05) is 6.61 Å². The highest BCUT2D eigenvalue weighted by molar-refractivity contribution is 6.01. The highest BCUT2D eigenvalue weighted by atomic mass is 19.1.